The molecule has 164 valence electrons. The van der Waals surface area contributed by atoms with Crippen molar-refractivity contribution in [2.24, 2.45) is 5.92 Å². The monoisotopic (exact) mass is 429 g/mol. The molecule has 0 saturated carbocycles. The minimum absolute atomic E-state index is 0.0444. The molecule has 3 aliphatic heterocycles. The first-order chi connectivity index (χ1) is 14.2. The van der Waals surface area contributed by atoms with Crippen LogP contribution in [0.15, 0.2) is 18.2 Å². The molecule has 3 heterocycles. The maximum Gasteiger partial charge on any atom is 0.416 e. The van der Waals surface area contributed by atoms with E-state index in [0.717, 1.165) is 6.07 Å². The number of hydrogen-bond acceptors (Lipinski definition) is 3. The largest absolute Gasteiger partial charge is 0.416 e. The van der Waals surface area contributed by atoms with Gasteiger partial charge in [0.25, 0.3) is 0 Å². The van der Waals surface area contributed by atoms with Crippen LogP contribution in [-0.4, -0.2) is 66.7 Å². The Morgan fingerprint density at radius 2 is 1.90 bits per heavy atom. The first kappa shape index (κ1) is 20.9. The summed E-state index contributed by atoms with van der Waals surface area (Å²) in [6, 6.07) is 2.56. The second-order valence-electron chi connectivity index (χ2n) is 8.40. The molecule has 30 heavy (non-hydrogen) atoms. The van der Waals surface area contributed by atoms with E-state index >= 15 is 0 Å². The summed E-state index contributed by atoms with van der Waals surface area (Å²) in [6.45, 7) is 2.28. The highest BCUT2D eigenvalue weighted by Crippen LogP contribution is 2.32. The van der Waals surface area contributed by atoms with Crippen LogP contribution in [0.3, 0.4) is 0 Å². The van der Waals surface area contributed by atoms with E-state index in [1.807, 2.05) is 0 Å². The van der Waals surface area contributed by atoms with Gasteiger partial charge >= 0.3 is 12.2 Å². The van der Waals surface area contributed by atoms with Gasteiger partial charge in [0.15, 0.2) is 0 Å². The number of amides is 3. The highest BCUT2D eigenvalue weighted by molar-refractivity contribution is 5.81. The molecule has 3 saturated heterocycles. The van der Waals surface area contributed by atoms with E-state index < -0.39 is 23.1 Å². The van der Waals surface area contributed by atoms with Crippen LogP contribution in [0, 0.1) is 11.7 Å². The number of alkyl halides is 3. The van der Waals surface area contributed by atoms with Gasteiger partial charge in [-0.2, -0.15) is 13.2 Å². The maximum absolute atomic E-state index is 14.1. The number of rotatable bonds is 2. The van der Waals surface area contributed by atoms with Gasteiger partial charge in [-0.05, 0) is 42.9 Å². The first-order valence-electron chi connectivity index (χ1n) is 9.93. The number of urea groups is 1. The van der Waals surface area contributed by atoms with Crippen LogP contribution in [-0.2, 0) is 22.1 Å². The normalized spacial score (nSPS) is 22.1. The lowest BCUT2D eigenvalue weighted by atomic mass is 9.88. The number of morpholine rings is 1. The zero-order valence-corrected chi connectivity index (χ0v) is 16.3. The van der Waals surface area contributed by atoms with Crippen LogP contribution in [0.25, 0.3) is 0 Å². The average molecular weight is 429 g/mol. The van der Waals surface area contributed by atoms with E-state index in [9.17, 15) is 27.2 Å². The molecule has 0 aliphatic carbocycles. The standard InChI is InChI=1S/C20H23F4N3O3/c21-16-8-15(20(22,23)24)2-1-14(16)7-13-3-5-26(6-4-13)18(29)27-10-19(11-27)12-30-9-17(28)25-19/h1-2,8,13H,3-7,9-12H2,(H,25,28). The van der Waals surface area contributed by atoms with Gasteiger partial charge in [-0.15, -0.1) is 0 Å². The lowest BCUT2D eigenvalue weighted by Gasteiger charge is -2.52. The predicted octanol–water partition coefficient (Wildman–Crippen LogP) is 2.42. The minimum atomic E-state index is -4.56. The van der Waals surface area contributed by atoms with Crippen LogP contribution in [0.2, 0.25) is 0 Å². The van der Waals surface area contributed by atoms with Crippen LogP contribution in [0.5, 0.6) is 0 Å². The summed E-state index contributed by atoms with van der Waals surface area (Å²) in [5, 5.41) is 2.89. The minimum Gasteiger partial charge on any atom is -0.369 e. The number of nitrogens with one attached hydrogen (secondary N) is 1. The molecule has 10 heteroatoms. The Bertz CT molecular complexity index is 831. The second kappa shape index (κ2) is 7.72. The van der Waals surface area contributed by atoms with E-state index in [4.69, 9.17) is 4.74 Å². The number of halogens is 4. The van der Waals surface area contributed by atoms with Gasteiger partial charge in [-0.25, -0.2) is 9.18 Å². The van der Waals surface area contributed by atoms with Crippen molar-refractivity contribution in [3.8, 4) is 0 Å². The SMILES string of the molecule is O=C1COCC2(CN(C(=O)N3CCC(Cc4ccc(C(F)(F)F)cc4F)CC3)C2)N1. The van der Waals surface area contributed by atoms with Gasteiger partial charge in [0, 0.05) is 26.2 Å². The smallest absolute Gasteiger partial charge is 0.369 e. The fourth-order valence-electron chi connectivity index (χ4n) is 4.43. The van der Waals surface area contributed by atoms with E-state index in [-0.39, 0.29) is 30.0 Å². The number of likely N-dealkylation sites (tertiary alicyclic amines) is 2. The van der Waals surface area contributed by atoms with E-state index in [1.54, 1.807) is 9.80 Å². The Kier molecular flexibility index (Phi) is 5.37. The molecule has 4 rings (SSSR count). The van der Waals surface area contributed by atoms with Crippen molar-refractivity contribution in [3.63, 3.8) is 0 Å². The molecule has 0 bridgehead atoms. The molecule has 3 aliphatic rings. The first-order valence-corrected chi connectivity index (χ1v) is 9.93. The fraction of sp³-hybridized carbons (Fsp3) is 0.600. The summed E-state index contributed by atoms with van der Waals surface area (Å²) in [4.78, 5) is 27.6. The van der Waals surface area contributed by atoms with Gasteiger partial charge < -0.3 is 19.9 Å². The van der Waals surface area contributed by atoms with E-state index in [0.29, 0.717) is 58.1 Å². The molecule has 3 fully saturated rings. The van der Waals surface area contributed by atoms with Crippen LogP contribution in [0.4, 0.5) is 22.4 Å². The topological polar surface area (TPSA) is 61.9 Å². The highest BCUT2D eigenvalue weighted by atomic mass is 19.4. The number of nitrogens with zero attached hydrogens (tertiary/aromatic N) is 2. The third-order valence-electron chi connectivity index (χ3n) is 6.05. The number of piperidine rings is 1. The molecule has 3 amide bonds. The zero-order chi connectivity index (χ0) is 21.5. The molecule has 1 aromatic rings. The Morgan fingerprint density at radius 1 is 1.20 bits per heavy atom. The lowest BCUT2D eigenvalue weighted by Crippen LogP contribution is -2.76. The molecule has 1 spiro atoms. The summed E-state index contributed by atoms with van der Waals surface area (Å²) < 4.78 is 57.4. The number of benzene rings is 1. The van der Waals surface area contributed by atoms with Crippen molar-refractivity contribution in [2.45, 2.75) is 31.0 Å². The summed E-state index contributed by atoms with van der Waals surface area (Å²) >= 11 is 0. The average Bonchev–Trinajstić information content (AvgIpc) is 2.67. The van der Waals surface area contributed by atoms with E-state index in [2.05, 4.69) is 5.32 Å². The van der Waals surface area contributed by atoms with Gasteiger partial charge in [0.05, 0.1) is 17.7 Å². The Balaban J connectivity index is 1.26. The number of carbonyl (C=O) groups is 2. The fourth-order valence-corrected chi connectivity index (χ4v) is 4.43. The van der Waals surface area contributed by atoms with Crippen LogP contribution in [0.1, 0.15) is 24.0 Å². The zero-order valence-electron chi connectivity index (χ0n) is 16.3. The summed E-state index contributed by atoms with van der Waals surface area (Å²) in [5.74, 6) is -0.912. The molecule has 1 aromatic carbocycles. The van der Waals surface area contributed by atoms with Crippen molar-refractivity contribution >= 4 is 11.9 Å². The summed E-state index contributed by atoms with van der Waals surface area (Å²) in [5.41, 5.74) is -1.20. The third kappa shape index (κ3) is 4.23. The highest BCUT2D eigenvalue weighted by Gasteiger charge is 2.49. The quantitative estimate of drug-likeness (QED) is 0.735. The van der Waals surface area contributed by atoms with Crippen molar-refractivity contribution in [2.75, 3.05) is 39.4 Å². The molecule has 0 radical (unpaired) electrons. The molecule has 0 aromatic heterocycles. The molecule has 0 unspecified atom stereocenters. The number of ether oxygens (including phenoxy) is 1. The Hall–Kier alpha value is -2.36. The van der Waals surface area contributed by atoms with Crippen LogP contribution < -0.4 is 5.32 Å². The molecular formula is C20H23F4N3O3. The molecular weight excluding hydrogens is 406 g/mol. The van der Waals surface area contributed by atoms with Gasteiger partial charge in [0.2, 0.25) is 5.91 Å². The predicted molar refractivity (Wildman–Crippen MR) is 98.1 cm³/mol. The number of hydrogen-bond donors (Lipinski definition) is 1. The van der Waals surface area contributed by atoms with Crippen LogP contribution >= 0.6 is 0 Å². The van der Waals surface area contributed by atoms with Crippen molar-refractivity contribution in [3.05, 3.63) is 35.1 Å². The molecule has 1 N–H and O–H groups in total. The molecule has 6 nitrogen and oxygen atoms in total. The lowest BCUT2D eigenvalue weighted by molar-refractivity contribution is -0.141. The van der Waals surface area contributed by atoms with E-state index in [1.165, 1.54) is 6.07 Å². The van der Waals surface area contributed by atoms with Crippen molar-refractivity contribution in [1.29, 1.82) is 0 Å². The summed E-state index contributed by atoms with van der Waals surface area (Å²) in [7, 11) is 0. The van der Waals surface area contributed by atoms with Gasteiger partial charge in [-0.3, -0.25) is 4.79 Å². The maximum atomic E-state index is 14.1. The second-order valence-corrected chi connectivity index (χ2v) is 8.40. The van der Waals surface area contributed by atoms with Crippen molar-refractivity contribution in [1.82, 2.24) is 15.1 Å². The number of carbonyl (C=O) groups excluding carboxylic acids is 2. The van der Waals surface area contributed by atoms with Gasteiger partial charge in [-0.1, -0.05) is 6.07 Å². The Morgan fingerprint density at radius 3 is 2.50 bits per heavy atom. The third-order valence-corrected chi connectivity index (χ3v) is 6.05. The Labute approximate surface area is 171 Å². The van der Waals surface area contributed by atoms with Crippen molar-refractivity contribution < 1.29 is 31.9 Å². The van der Waals surface area contributed by atoms with Gasteiger partial charge in [0.1, 0.15) is 12.4 Å². The summed E-state index contributed by atoms with van der Waals surface area (Å²) in [6.07, 6.45) is -2.90. The molecule has 0 atom stereocenters.